The Kier molecular flexibility index (Phi) is 2.64. The van der Waals surface area contributed by atoms with Gasteiger partial charge in [0.15, 0.2) is 0 Å². The van der Waals surface area contributed by atoms with E-state index in [1.807, 2.05) is 31.2 Å². The van der Waals surface area contributed by atoms with Crippen LogP contribution in [0.2, 0.25) is 0 Å². The van der Waals surface area contributed by atoms with Crippen molar-refractivity contribution >= 4 is 18.0 Å². The fourth-order valence-electron chi connectivity index (χ4n) is 0.957. The van der Waals surface area contributed by atoms with Crippen LogP contribution in [0.4, 0.5) is 5.69 Å². The lowest BCUT2D eigenvalue weighted by atomic mass is 10.1. The Labute approximate surface area is 72.4 Å². The van der Waals surface area contributed by atoms with E-state index in [9.17, 15) is 0 Å². The van der Waals surface area contributed by atoms with Gasteiger partial charge in [0.05, 0.1) is 0 Å². The predicted molar refractivity (Wildman–Crippen MR) is 54.1 cm³/mol. The average Bonchev–Trinajstić information content (AvgIpc) is 2.06. The molecule has 0 saturated heterocycles. The number of aliphatic imine (C=N–C) groups is 1. The zero-order valence-corrected chi connectivity index (χ0v) is 7.12. The standard InChI is InChI=1S/C10H12N2/c1-8(7-12-2)9-3-5-10(11)6-4-9/h3-7H,2,11H2,1H3/b8-7+. The second kappa shape index (κ2) is 3.72. The Hall–Kier alpha value is -1.57. The number of anilines is 1. The monoisotopic (exact) mass is 160 g/mol. The summed E-state index contributed by atoms with van der Waals surface area (Å²) in [5.74, 6) is 0. The maximum Gasteiger partial charge on any atom is 0.0314 e. The van der Waals surface area contributed by atoms with Crippen LogP contribution in [0.5, 0.6) is 0 Å². The van der Waals surface area contributed by atoms with Gasteiger partial charge in [-0.05, 0) is 36.9 Å². The Balaban J connectivity index is 2.97. The Morgan fingerprint density at radius 2 is 2.00 bits per heavy atom. The van der Waals surface area contributed by atoms with Gasteiger partial charge >= 0.3 is 0 Å². The molecule has 1 rings (SSSR count). The van der Waals surface area contributed by atoms with Crippen LogP contribution < -0.4 is 5.73 Å². The predicted octanol–water partition coefficient (Wildman–Crippen LogP) is 2.33. The van der Waals surface area contributed by atoms with Gasteiger partial charge in [0.2, 0.25) is 0 Å². The topological polar surface area (TPSA) is 38.4 Å². The summed E-state index contributed by atoms with van der Waals surface area (Å²) in [4.78, 5) is 3.69. The van der Waals surface area contributed by atoms with E-state index in [0.29, 0.717) is 0 Å². The van der Waals surface area contributed by atoms with E-state index < -0.39 is 0 Å². The van der Waals surface area contributed by atoms with Crippen molar-refractivity contribution in [3.05, 3.63) is 36.0 Å². The van der Waals surface area contributed by atoms with Crippen molar-refractivity contribution < 1.29 is 0 Å². The third-order valence-electron chi connectivity index (χ3n) is 1.65. The fourth-order valence-corrected chi connectivity index (χ4v) is 0.957. The number of nitrogens with two attached hydrogens (primary N) is 1. The zero-order valence-electron chi connectivity index (χ0n) is 7.12. The average molecular weight is 160 g/mol. The van der Waals surface area contributed by atoms with Gasteiger partial charge in [0, 0.05) is 11.9 Å². The number of nitrogen functional groups attached to an aromatic ring is 1. The largest absolute Gasteiger partial charge is 0.399 e. The molecule has 1 aromatic carbocycles. The van der Waals surface area contributed by atoms with Gasteiger partial charge in [-0.25, -0.2) is 0 Å². The van der Waals surface area contributed by atoms with Crippen LogP contribution >= 0.6 is 0 Å². The summed E-state index contributed by atoms with van der Waals surface area (Å²) >= 11 is 0. The summed E-state index contributed by atoms with van der Waals surface area (Å²) in [6.07, 6.45) is 1.73. The van der Waals surface area contributed by atoms with E-state index >= 15 is 0 Å². The molecule has 0 atom stereocenters. The van der Waals surface area contributed by atoms with Crippen molar-refractivity contribution in [2.45, 2.75) is 6.92 Å². The molecular formula is C10H12N2. The highest BCUT2D eigenvalue weighted by Gasteiger charge is 1.92. The molecule has 0 unspecified atom stereocenters. The molecule has 2 N–H and O–H groups in total. The Morgan fingerprint density at radius 1 is 1.42 bits per heavy atom. The summed E-state index contributed by atoms with van der Waals surface area (Å²) in [7, 11) is 0. The van der Waals surface area contributed by atoms with Gasteiger partial charge < -0.3 is 5.73 Å². The van der Waals surface area contributed by atoms with Gasteiger partial charge in [0.1, 0.15) is 0 Å². The van der Waals surface area contributed by atoms with Crippen molar-refractivity contribution in [1.82, 2.24) is 0 Å². The first kappa shape index (κ1) is 8.53. The molecule has 2 nitrogen and oxygen atoms in total. The number of allylic oxidation sites excluding steroid dienone is 1. The molecular weight excluding hydrogens is 148 g/mol. The van der Waals surface area contributed by atoms with Crippen LogP contribution in [0, 0.1) is 0 Å². The number of hydrogen-bond acceptors (Lipinski definition) is 2. The molecule has 12 heavy (non-hydrogen) atoms. The molecule has 0 aliphatic carbocycles. The summed E-state index contributed by atoms with van der Waals surface area (Å²) in [6, 6.07) is 7.67. The minimum Gasteiger partial charge on any atom is -0.399 e. The highest BCUT2D eigenvalue weighted by atomic mass is 14.6. The SMILES string of the molecule is C=N/C=C(\C)c1ccc(N)cc1. The molecule has 0 aliphatic heterocycles. The van der Waals surface area contributed by atoms with Crippen molar-refractivity contribution in [3.8, 4) is 0 Å². The number of hydrogen-bond donors (Lipinski definition) is 1. The summed E-state index contributed by atoms with van der Waals surface area (Å²) in [5, 5.41) is 0. The molecule has 0 fully saturated rings. The van der Waals surface area contributed by atoms with Crippen molar-refractivity contribution in [2.24, 2.45) is 4.99 Å². The van der Waals surface area contributed by atoms with Crippen LogP contribution in [0.3, 0.4) is 0 Å². The van der Waals surface area contributed by atoms with Gasteiger partial charge in [-0.15, -0.1) is 0 Å². The Morgan fingerprint density at radius 3 is 2.50 bits per heavy atom. The molecule has 0 amide bonds. The van der Waals surface area contributed by atoms with E-state index in [2.05, 4.69) is 11.7 Å². The first-order valence-electron chi connectivity index (χ1n) is 3.72. The van der Waals surface area contributed by atoms with Crippen molar-refractivity contribution in [3.63, 3.8) is 0 Å². The normalized spacial score (nSPS) is 11.2. The third kappa shape index (κ3) is 1.95. The minimum atomic E-state index is 0.776. The highest BCUT2D eigenvalue weighted by Crippen LogP contribution is 2.14. The molecule has 0 bridgehead atoms. The van der Waals surface area contributed by atoms with E-state index in [4.69, 9.17) is 5.73 Å². The summed E-state index contributed by atoms with van der Waals surface area (Å²) in [6.45, 7) is 5.38. The fraction of sp³-hybridized carbons (Fsp3) is 0.100. The van der Waals surface area contributed by atoms with Gasteiger partial charge in [-0.2, -0.15) is 0 Å². The van der Waals surface area contributed by atoms with Gasteiger partial charge in [-0.3, -0.25) is 4.99 Å². The third-order valence-corrected chi connectivity index (χ3v) is 1.65. The molecule has 0 aliphatic rings. The van der Waals surface area contributed by atoms with Crippen LogP contribution in [0.15, 0.2) is 35.5 Å². The lowest BCUT2D eigenvalue weighted by Crippen LogP contribution is -1.84. The maximum atomic E-state index is 5.55. The molecule has 2 heteroatoms. The summed E-state index contributed by atoms with van der Waals surface area (Å²) in [5.41, 5.74) is 8.53. The molecule has 1 aromatic rings. The molecule has 0 spiro atoms. The second-order valence-corrected chi connectivity index (χ2v) is 2.62. The zero-order chi connectivity index (χ0) is 8.97. The first-order chi connectivity index (χ1) is 5.74. The van der Waals surface area contributed by atoms with E-state index in [0.717, 1.165) is 16.8 Å². The lowest BCUT2D eigenvalue weighted by Gasteiger charge is -1.99. The van der Waals surface area contributed by atoms with E-state index in [-0.39, 0.29) is 0 Å². The Bertz CT molecular complexity index is 296. The number of benzene rings is 1. The van der Waals surface area contributed by atoms with Crippen molar-refractivity contribution in [1.29, 1.82) is 0 Å². The highest BCUT2D eigenvalue weighted by molar-refractivity contribution is 5.65. The second-order valence-electron chi connectivity index (χ2n) is 2.62. The van der Waals surface area contributed by atoms with Crippen LogP contribution in [0.25, 0.3) is 5.57 Å². The number of rotatable bonds is 2. The minimum absolute atomic E-state index is 0.776. The molecule has 0 radical (unpaired) electrons. The van der Waals surface area contributed by atoms with Crippen LogP contribution in [0.1, 0.15) is 12.5 Å². The molecule has 0 saturated carbocycles. The molecule has 0 aromatic heterocycles. The number of nitrogens with zero attached hydrogens (tertiary/aromatic N) is 1. The van der Waals surface area contributed by atoms with Gasteiger partial charge in [-0.1, -0.05) is 12.1 Å². The molecule has 0 heterocycles. The molecule has 62 valence electrons. The quantitative estimate of drug-likeness (QED) is 0.523. The maximum absolute atomic E-state index is 5.55. The first-order valence-corrected chi connectivity index (χ1v) is 3.72. The van der Waals surface area contributed by atoms with Crippen molar-refractivity contribution in [2.75, 3.05) is 5.73 Å². The lowest BCUT2D eigenvalue weighted by molar-refractivity contribution is 1.51. The smallest absolute Gasteiger partial charge is 0.0314 e. The van der Waals surface area contributed by atoms with E-state index in [1.54, 1.807) is 6.20 Å². The van der Waals surface area contributed by atoms with Gasteiger partial charge in [0.25, 0.3) is 0 Å². The van der Waals surface area contributed by atoms with Crippen LogP contribution in [-0.2, 0) is 0 Å². The van der Waals surface area contributed by atoms with E-state index in [1.165, 1.54) is 0 Å². The van der Waals surface area contributed by atoms with Crippen LogP contribution in [-0.4, -0.2) is 6.72 Å². The summed E-state index contributed by atoms with van der Waals surface area (Å²) < 4.78 is 0.